The highest BCUT2D eigenvalue weighted by atomic mass is 16.4. The molecular weight excluding hydrogens is 190 g/mol. The van der Waals surface area contributed by atoms with Gasteiger partial charge < -0.3 is 5.21 Å². The van der Waals surface area contributed by atoms with E-state index < -0.39 is 0 Å². The first-order valence-corrected chi connectivity index (χ1v) is 4.46. The van der Waals surface area contributed by atoms with Gasteiger partial charge in [-0.15, -0.1) is 0 Å². The maximum atomic E-state index is 8.39. The van der Waals surface area contributed by atoms with Crippen LogP contribution in [0.1, 0.15) is 5.69 Å². The van der Waals surface area contributed by atoms with Gasteiger partial charge in [0.2, 0.25) is 0 Å². The van der Waals surface area contributed by atoms with Gasteiger partial charge in [0, 0.05) is 6.20 Å². The Bertz CT molecular complexity index is 468. The third-order valence-corrected chi connectivity index (χ3v) is 1.89. The highest BCUT2D eigenvalue weighted by Gasteiger charge is 1.99. The van der Waals surface area contributed by atoms with Gasteiger partial charge in [0.15, 0.2) is 0 Å². The second kappa shape index (κ2) is 4.32. The van der Waals surface area contributed by atoms with Gasteiger partial charge in [-0.3, -0.25) is 4.98 Å². The largest absolute Gasteiger partial charge is 0.411 e. The normalized spacial score (nSPS) is 10.7. The van der Waals surface area contributed by atoms with Crippen LogP contribution in [0.2, 0.25) is 0 Å². The lowest BCUT2D eigenvalue weighted by Gasteiger charge is -1.99. The van der Waals surface area contributed by atoms with Crippen LogP contribution in [0, 0.1) is 0 Å². The van der Waals surface area contributed by atoms with Gasteiger partial charge in [0.25, 0.3) is 0 Å². The summed E-state index contributed by atoms with van der Waals surface area (Å²) in [7, 11) is 0. The van der Waals surface area contributed by atoms with Gasteiger partial charge in [0.05, 0.1) is 23.3 Å². The van der Waals surface area contributed by atoms with Crippen molar-refractivity contribution in [3.05, 3.63) is 48.3 Å². The summed E-state index contributed by atoms with van der Waals surface area (Å²) in [5.74, 6) is 0. The fourth-order valence-corrected chi connectivity index (χ4v) is 1.24. The fourth-order valence-electron chi connectivity index (χ4n) is 1.24. The van der Waals surface area contributed by atoms with Crippen molar-refractivity contribution >= 4 is 6.21 Å². The van der Waals surface area contributed by atoms with Crippen LogP contribution >= 0.6 is 0 Å². The van der Waals surface area contributed by atoms with Gasteiger partial charge >= 0.3 is 0 Å². The number of hydrogen-bond donors (Lipinski definition) is 1. The summed E-state index contributed by atoms with van der Waals surface area (Å²) < 4.78 is 0. The number of nitrogens with zero attached hydrogens (tertiary/aromatic N) is 3. The third kappa shape index (κ3) is 2.17. The molecule has 0 spiro atoms. The molecule has 0 radical (unpaired) electrons. The smallest absolute Gasteiger partial charge is 0.0918 e. The van der Waals surface area contributed by atoms with E-state index >= 15 is 0 Å². The topological polar surface area (TPSA) is 58.4 Å². The van der Waals surface area contributed by atoms with E-state index in [1.165, 1.54) is 6.21 Å². The van der Waals surface area contributed by atoms with E-state index in [0.717, 1.165) is 11.4 Å². The van der Waals surface area contributed by atoms with Crippen molar-refractivity contribution in [2.75, 3.05) is 0 Å². The molecule has 2 aromatic rings. The maximum Gasteiger partial charge on any atom is 0.0918 e. The summed E-state index contributed by atoms with van der Waals surface area (Å²) in [4.78, 5) is 8.44. The van der Waals surface area contributed by atoms with Crippen LogP contribution in [-0.4, -0.2) is 21.4 Å². The molecule has 1 N–H and O–H groups in total. The lowest BCUT2D eigenvalue weighted by atomic mass is 10.2. The molecule has 0 saturated heterocycles. The molecule has 0 aromatic carbocycles. The molecule has 0 aliphatic rings. The Balaban J connectivity index is 2.41. The molecule has 0 atom stereocenters. The number of pyridine rings is 2. The lowest BCUT2D eigenvalue weighted by molar-refractivity contribution is 0.321. The van der Waals surface area contributed by atoms with E-state index in [1.54, 1.807) is 12.3 Å². The Morgan fingerprint density at radius 1 is 1.07 bits per heavy atom. The van der Waals surface area contributed by atoms with Gasteiger partial charge in [0.1, 0.15) is 0 Å². The standard InChI is InChI=1S/C11H9N3O/c15-13-8-9-4-3-6-11(14-9)10-5-1-2-7-12-10/h1-8,15H. The SMILES string of the molecule is ON=Cc1cccc(-c2ccccn2)n1. The summed E-state index contributed by atoms with van der Waals surface area (Å²) >= 11 is 0. The van der Waals surface area contributed by atoms with E-state index in [9.17, 15) is 0 Å². The Labute approximate surface area is 86.9 Å². The van der Waals surface area contributed by atoms with Crippen molar-refractivity contribution in [3.8, 4) is 11.4 Å². The molecule has 4 heteroatoms. The van der Waals surface area contributed by atoms with Crippen molar-refractivity contribution in [2.24, 2.45) is 5.16 Å². The summed E-state index contributed by atoms with van der Waals surface area (Å²) in [6.45, 7) is 0. The molecule has 0 amide bonds. The molecule has 0 aliphatic heterocycles. The molecule has 2 rings (SSSR count). The average molecular weight is 199 g/mol. The number of rotatable bonds is 2. The van der Waals surface area contributed by atoms with E-state index in [2.05, 4.69) is 15.1 Å². The van der Waals surface area contributed by atoms with Crippen LogP contribution in [0.3, 0.4) is 0 Å². The zero-order valence-electron chi connectivity index (χ0n) is 7.91. The summed E-state index contributed by atoms with van der Waals surface area (Å²) in [6, 6.07) is 11.1. The molecule has 0 unspecified atom stereocenters. The molecule has 2 heterocycles. The number of hydrogen-bond acceptors (Lipinski definition) is 4. The lowest BCUT2D eigenvalue weighted by Crippen LogP contribution is -1.91. The summed E-state index contributed by atoms with van der Waals surface area (Å²) in [5.41, 5.74) is 2.15. The first-order valence-electron chi connectivity index (χ1n) is 4.46. The zero-order valence-corrected chi connectivity index (χ0v) is 7.91. The molecule has 15 heavy (non-hydrogen) atoms. The van der Waals surface area contributed by atoms with Crippen LogP contribution in [0.4, 0.5) is 0 Å². The summed E-state index contributed by atoms with van der Waals surface area (Å²) in [6.07, 6.45) is 3.00. The first kappa shape index (κ1) is 9.33. The van der Waals surface area contributed by atoms with Gasteiger partial charge in [-0.1, -0.05) is 17.3 Å². The van der Waals surface area contributed by atoms with Crippen LogP contribution in [0.15, 0.2) is 47.8 Å². The quantitative estimate of drug-likeness (QED) is 0.457. The molecule has 0 aliphatic carbocycles. The predicted octanol–water partition coefficient (Wildman–Crippen LogP) is 1.95. The Morgan fingerprint density at radius 3 is 2.67 bits per heavy atom. The zero-order chi connectivity index (χ0) is 10.5. The van der Waals surface area contributed by atoms with E-state index in [1.807, 2.05) is 30.3 Å². The number of aromatic nitrogens is 2. The minimum absolute atomic E-state index is 0.598. The monoisotopic (exact) mass is 199 g/mol. The average Bonchev–Trinajstić information content (AvgIpc) is 2.31. The predicted molar refractivity (Wildman–Crippen MR) is 56.8 cm³/mol. The molecule has 74 valence electrons. The molecule has 4 nitrogen and oxygen atoms in total. The maximum absolute atomic E-state index is 8.39. The molecule has 2 aromatic heterocycles. The van der Waals surface area contributed by atoms with Crippen LogP contribution in [0.5, 0.6) is 0 Å². The van der Waals surface area contributed by atoms with Gasteiger partial charge in [-0.2, -0.15) is 0 Å². The Morgan fingerprint density at radius 2 is 1.93 bits per heavy atom. The van der Waals surface area contributed by atoms with E-state index in [4.69, 9.17) is 5.21 Å². The van der Waals surface area contributed by atoms with Crippen molar-refractivity contribution in [1.29, 1.82) is 0 Å². The van der Waals surface area contributed by atoms with Crippen LogP contribution in [-0.2, 0) is 0 Å². The molecule has 0 saturated carbocycles. The Hall–Kier alpha value is -2.23. The van der Waals surface area contributed by atoms with E-state index in [-0.39, 0.29) is 0 Å². The van der Waals surface area contributed by atoms with Crippen LogP contribution < -0.4 is 0 Å². The third-order valence-electron chi connectivity index (χ3n) is 1.89. The highest BCUT2D eigenvalue weighted by molar-refractivity contribution is 5.77. The number of oxime groups is 1. The Kier molecular flexibility index (Phi) is 2.69. The fraction of sp³-hybridized carbons (Fsp3) is 0. The van der Waals surface area contributed by atoms with Crippen LogP contribution in [0.25, 0.3) is 11.4 Å². The second-order valence-electron chi connectivity index (χ2n) is 2.91. The van der Waals surface area contributed by atoms with Crippen molar-refractivity contribution in [1.82, 2.24) is 9.97 Å². The molecular formula is C11H9N3O. The first-order chi connectivity index (χ1) is 7.40. The van der Waals surface area contributed by atoms with Gasteiger partial charge in [-0.25, -0.2) is 4.98 Å². The highest BCUT2D eigenvalue weighted by Crippen LogP contribution is 2.12. The minimum atomic E-state index is 0.598. The van der Waals surface area contributed by atoms with Crippen molar-refractivity contribution < 1.29 is 5.21 Å². The second-order valence-corrected chi connectivity index (χ2v) is 2.91. The molecule has 0 bridgehead atoms. The van der Waals surface area contributed by atoms with Gasteiger partial charge in [-0.05, 0) is 24.3 Å². The van der Waals surface area contributed by atoms with Crippen molar-refractivity contribution in [2.45, 2.75) is 0 Å². The van der Waals surface area contributed by atoms with Crippen molar-refractivity contribution in [3.63, 3.8) is 0 Å². The molecule has 0 fully saturated rings. The summed E-state index contributed by atoms with van der Waals surface area (Å²) in [5, 5.41) is 11.3. The van der Waals surface area contributed by atoms with E-state index in [0.29, 0.717) is 5.69 Å². The minimum Gasteiger partial charge on any atom is -0.411 e.